The van der Waals surface area contributed by atoms with Gasteiger partial charge in [0.25, 0.3) is 0 Å². The lowest BCUT2D eigenvalue weighted by molar-refractivity contribution is -0.117. The highest BCUT2D eigenvalue weighted by atomic mass is 32.1. The standard InChI is InChI=1S/C20H21N5OS/c1-10-6-7-15(9-21-10)18-17-12(3)13(4)27-20(17)25-14(5)23-24-19(25)16(22-18)8-11(2)26/h6-7,9,16H,8H2,1-5H3/t16-/m0/s1. The number of fused-ring (bicyclic) bond motifs is 3. The van der Waals surface area contributed by atoms with Crippen molar-refractivity contribution in [1.29, 1.82) is 0 Å². The number of Topliss-reactive ketones (excluding diaryl/α,β-unsaturated/α-hetero) is 1. The molecule has 0 fully saturated rings. The van der Waals surface area contributed by atoms with Gasteiger partial charge in [0.2, 0.25) is 0 Å². The third-order valence-electron chi connectivity index (χ3n) is 4.91. The minimum Gasteiger partial charge on any atom is -0.300 e. The molecule has 0 saturated carbocycles. The van der Waals surface area contributed by atoms with Crippen LogP contribution < -0.4 is 0 Å². The van der Waals surface area contributed by atoms with Gasteiger partial charge in [-0.3, -0.25) is 19.3 Å². The number of carbonyl (C=O) groups excluding carboxylic acids is 1. The van der Waals surface area contributed by atoms with Gasteiger partial charge in [-0.05, 0) is 52.3 Å². The summed E-state index contributed by atoms with van der Waals surface area (Å²) in [6.07, 6.45) is 2.16. The maximum Gasteiger partial charge on any atom is 0.163 e. The van der Waals surface area contributed by atoms with Gasteiger partial charge in [0, 0.05) is 34.3 Å². The molecule has 1 aliphatic heterocycles. The minimum absolute atomic E-state index is 0.0792. The second-order valence-electron chi connectivity index (χ2n) is 6.99. The molecule has 27 heavy (non-hydrogen) atoms. The van der Waals surface area contributed by atoms with E-state index in [1.54, 1.807) is 18.3 Å². The second kappa shape index (κ2) is 6.49. The number of carbonyl (C=O) groups is 1. The first-order valence-electron chi connectivity index (χ1n) is 8.89. The van der Waals surface area contributed by atoms with E-state index in [0.717, 1.165) is 39.2 Å². The number of hydrogen-bond donors (Lipinski definition) is 0. The zero-order valence-corrected chi connectivity index (χ0v) is 16.9. The first-order valence-corrected chi connectivity index (χ1v) is 9.71. The molecule has 0 unspecified atom stereocenters. The van der Waals surface area contributed by atoms with Crippen molar-refractivity contribution in [2.45, 2.75) is 47.1 Å². The van der Waals surface area contributed by atoms with Gasteiger partial charge < -0.3 is 0 Å². The Hall–Kier alpha value is -2.67. The summed E-state index contributed by atoms with van der Waals surface area (Å²) in [4.78, 5) is 22.6. The third kappa shape index (κ3) is 2.92. The highest BCUT2D eigenvalue weighted by Gasteiger charge is 2.31. The molecule has 4 rings (SSSR count). The third-order valence-corrected chi connectivity index (χ3v) is 6.10. The van der Waals surface area contributed by atoms with Gasteiger partial charge in [-0.15, -0.1) is 21.5 Å². The zero-order chi connectivity index (χ0) is 19.3. The molecule has 3 aromatic heterocycles. The van der Waals surface area contributed by atoms with Gasteiger partial charge in [-0.2, -0.15) is 0 Å². The first kappa shape index (κ1) is 17.7. The summed E-state index contributed by atoms with van der Waals surface area (Å²) in [6.45, 7) is 9.73. The molecule has 0 amide bonds. The van der Waals surface area contributed by atoms with Crippen LogP contribution in [0.15, 0.2) is 23.3 Å². The molecule has 4 heterocycles. The van der Waals surface area contributed by atoms with Crippen LogP contribution in [0.1, 0.15) is 58.3 Å². The molecule has 0 bridgehead atoms. The van der Waals surface area contributed by atoms with Gasteiger partial charge in [-0.1, -0.05) is 0 Å². The largest absolute Gasteiger partial charge is 0.300 e. The van der Waals surface area contributed by atoms with Crippen LogP contribution in [0.5, 0.6) is 0 Å². The average Bonchev–Trinajstić information content (AvgIpc) is 3.08. The molecule has 3 aromatic rings. The second-order valence-corrected chi connectivity index (χ2v) is 8.20. The van der Waals surface area contributed by atoms with Gasteiger partial charge in [0.05, 0.1) is 5.71 Å². The van der Waals surface area contributed by atoms with Crippen LogP contribution in [-0.4, -0.2) is 31.2 Å². The van der Waals surface area contributed by atoms with Crippen molar-refractivity contribution in [1.82, 2.24) is 19.7 Å². The Labute approximate surface area is 162 Å². The van der Waals surface area contributed by atoms with Crippen molar-refractivity contribution >= 4 is 22.8 Å². The Morgan fingerprint density at radius 3 is 2.63 bits per heavy atom. The molecule has 0 saturated heterocycles. The highest BCUT2D eigenvalue weighted by Crippen LogP contribution is 2.39. The average molecular weight is 379 g/mol. The van der Waals surface area contributed by atoms with Crippen LogP contribution in [-0.2, 0) is 4.79 Å². The van der Waals surface area contributed by atoms with E-state index in [0.29, 0.717) is 6.42 Å². The van der Waals surface area contributed by atoms with E-state index in [-0.39, 0.29) is 11.8 Å². The van der Waals surface area contributed by atoms with Crippen molar-refractivity contribution in [2.24, 2.45) is 4.99 Å². The Balaban J connectivity index is 2.04. The fourth-order valence-corrected chi connectivity index (χ4v) is 4.62. The lowest BCUT2D eigenvalue weighted by Gasteiger charge is -2.11. The summed E-state index contributed by atoms with van der Waals surface area (Å²) < 4.78 is 2.06. The van der Waals surface area contributed by atoms with E-state index >= 15 is 0 Å². The number of thiophene rings is 1. The fourth-order valence-electron chi connectivity index (χ4n) is 3.40. The van der Waals surface area contributed by atoms with Crippen molar-refractivity contribution < 1.29 is 4.79 Å². The number of aliphatic imine (C=N–C) groups is 1. The Morgan fingerprint density at radius 2 is 1.96 bits per heavy atom. The van der Waals surface area contributed by atoms with Crippen LogP contribution in [0.2, 0.25) is 0 Å². The normalized spacial score (nSPS) is 15.7. The molecular formula is C20H21N5OS. The number of ketones is 1. The number of aromatic nitrogens is 4. The lowest BCUT2D eigenvalue weighted by atomic mass is 10.0. The summed E-state index contributed by atoms with van der Waals surface area (Å²) >= 11 is 1.71. The number of rotatable bonds is 3. The molecule has 0 aromatic carbocycles. The van der Waals surface area contributed by atoms with Crippen molar-refractivity contribution in [3.63, 3.8) is 0 Å². The van der Waals surface area contributed by atoms with Crippen LogP contribution >= 0.6 is 11.3 Å². The van der Waals surface area contributed by atoms with E-state index in [2.05, 4.69) is 33.6 Å². The molecular weight excluding hydrogens is 358 g/mol. The number of pyridine rings is 1. The minimum atomic E-state index is -0.362. The summed E-state index contributed by atoms with van der Waals surface area (Å²) in [7, 11) is 0. The highest BCUT2D eigenvalue weighted by molar-refractivity contribution is 7.15. The van der Waals surface area contributed by atoms with Crippen LogP contribution in [0.25, 0.3) is 5.00 Å². The lowest BCUT2D eigenvalue weighted by Crippen LogP contribution is -2.09. The molecule has 0 aliphatic carbocycles. The van der Waals surface area contributed by atoms with Crippen molar-refractivity contribution in [3.8, 4) is 5.00 Å². The Bertz CT molecular complexity index is 1070. The van der Waals surface area contributed by atoms with Crippen molar-refractivity contribution in [2.75, 3.05) is 0 Å². The number of aryl methyl sites for hydroxylation is 3. The molecule has 0 radical (unpaired) electrons. The van der Waals surface area contributed by atoms with E-state index in [9.17, 15) is 4.79 Å². The molecule has 138 valence electrons. The SMILES string of the molecule is CC(=O)C[C@@H]1N=C(c2ccc(C)nc2)c2c(sc(C)c2C)-n2c(C)nnc21. The van der Waals surface area contributed by atoms with E-state index < -0.39 is 0 Å². The summed E-state index contributed by atoms with van der Waals surface area (Å²) in [5.41, 5.74) is 5.05. The number of hydrogen-bond acceptors (Lipinski definition) is 6. The van der Waals surface area contributed by atoms with E-state index in [1.165, 1.54) is 10.4 Å². The topological polar surface area (TPSA) is 73.0 Å². The van der Waals surface area contributed by atoms with E-state index in [4.69, 9.17) is 4.99 Å². The first-order chi connectivity index (χ1) is 12.9. The maximum atomic E-state index is 11.9. The molecule has 0 N–H and O–H groups in total. The van der Waals surface area contributed by atoms with Crippen LogP contribution in [0, 0.1) is 27.7 Å². The zero-order valence-electron chi connectivity index (χ0n) is 16.1. The molecule has 7 heteroatoms. The molecule has 6 nitrogen and oxygen atoms in total. The summed E-state index contributed by atoms with van der Waals surface area (Å²) in [5.74, 6) is 1.61. The van der Waals surface area contributed by atoms with Crippen LogP contribution in [0.4, 0.5) is 0 Å². The smallest absolute Gasteiger partial charge is 0.163 e. The predicted molar refractivity (Wildman–Crippen MR) is 106 cm³/mol. The predicted octanol–water partition coefficient (Wildman–Crippen LogP) is 3.83. The molecule has 0 spiro atoms. The maximum absolute atomic E-state index is 11.9. The number of nitrogens with zero attached hydrogens (tertiary/aromatic N) is 5. The molecule has 1 aliphatic rings. The van der Waals surface area contributed by atoms with E-state index in [1.807, 2.05) is 32.2 Å². The van der Waals surface area contributed by atoms with Gasteiger partial charge in [-0.25, -0.2) is 0 Å². The monoisotopic (exact) mass is 379 g/mol. The quantitative estimate of drug-likeness (QED) is 0.693. The van der Waals surface area contributed by atoms with Gasteiger partial charge >= 0.3 is 0 Å². The van der Waals surface area contributed by atoms with Gasteiger partial charge in [0.1, 0.15) is 22.7 Å². The van der Waals surface area contributed by atoms with Crippen molar-refractivity contribution in [3.05, 3.63) is 57.2 Å². The molecule has 1 atom stereocenters. The summed E-state index contributed by atoms with van der Waals surface area (Å²) in [5, 5.41) is 9.71. The van der Waals surface area contributed by atoms with Crippen LogP contribution in [0.3, 0.4) is 0 Å². The summed E-state index contributed by atoms with van der Waals surface area (Å²) in [6, 6.07) is 3.67. The fraction of sp³-hybridized carbons (Fsp3) is 0.350. The Morgan fingerprint density at radius 1 is 1.19 bits per heavy atom. The Kier molecular flexibility index (Phi) is 4.26. The van der Waals surface area contributed by atoms with Gasteiger partial charge in [0.15, 0.2) is 5.82 Å².